The molecule has 0 spiro atoms. The van der Waals surface area contributed by atoms with Gasteiger partial charge in [-0.3, -0.25) is 0 Å². The number of rotatable bonds is 1. The summed E-state index contributed by atoms with van der Waals surface area (Å²) in [6.07, 6.45) is 0. The van der Waals surface area contributed by atoms with E-state index in [9.17, 15) is 0 Å². The zero-order valence-electron chi connectivity index (χ0n) is 8.60. The second-order valence-corrected chi connectivity index (χ2v) is 6.12. The molecular weight excluding hydrogens is 396 g/mol. The minimum Gasteiger partial charge on any atom is -0.0587 e. The molecule has 0 saturated heterocycles. The lowest BCUT2D eigenvalue weighted by Crippen LogP contribution is -1.81. The highest BCUT2D eigenvalue weighted by Gasteiger charge is 2.06. The largest absolute Gasteiger partial charge is 0.0587 e. The molecule has 0 aliphatic rings. The molecule has 0 aliphatic carbocycles. The van der Waals surface area contributed by atoms with Gasteiger partial charge in [-0.05, 0) is 78.0 Å². The molecule has 2 rings (SSSR count). The Morgan fingerprint density at radius 1 is 0.750 bits per heavy atom. The van der Waals surface area contributed by atoms with Gasteiger partial charge in [0.25, 0.3) is 0 Å². The first-order valence-electron chi connectivity index (χ1n) is 4.79. The van der Waals surface area contributed by atoms with Crippen molar-refractivity contribution in [2.75, 3.05) is 0 Å². The van der Waals surface area contributed by atoms with Gasteiger partial charge in [0.2, 0.25) is 0 Å². The molecule has 3 heteroatoms. The minimum absolute atomic E-state index is 1.04. The van der Waals surface area contributed by atoms with Crippen molar-refractivity contribution < 1.29 is 0 Å². The van der Waals surface area contributed by atoms with Crippen LogP contribution in [0.15, 0.2) is 49.8 Å². The van der Waals surface area contributed by atoms with Crippen LogP contribution in [0.25, 0.3) is 11.1 Å². The Morgan fingerprint density at radius 2 is 1.25 bits per heavy atom. The highest BCUT2D eigenvalue weighted by molar-refractivity contribution is 9.14. The highest BCUT2D eigenvalue weighted by atomic mass is 79.9. The van der Waals surface area contributed by atoms with Crippen molar-refractivity contribution in [1.82, 2.24) is 0 Å². The van der Waals surface area contributed by atoms with Crippen LogP contribution in [0.3, 0.4) is 0 Å². The molecule has 0 atom stereocenters. The molecule has 0 unspecified atom stereocenters. The number of benzene rings is 2. The topological polar surface area (TPSA) is 0 Å². The summed E-state index contributed by atoms with van der Waals surface area (Å²) in [5, 5.41) is 0. The quantitative estimate of drug-likeness (QED) is 0.515. The zero-order valence-corrected chi connectivity index (χ0v) is 13.4. The van der Waals surface area contributed by atoms with Crippen LogP contribution in [-0.2, 0) is 0 Å². The van der Waals surface area contributed by atoms with Crippen LogP contribution >= 0.6 is 47.8 Å². The van der Waals surface area contributed by atoms with Crippen molar-refractivity contribution in [2.45, 2.75) is 6.92 Å². The lowest BCUT2D eigenvalue weighted by Gasteiger charge is -2.06. The Balaban J connectivity index is 2.52. The first-order chi connectivity index (χ1) is 7.58. The highest BCUT2D eigenvalue weighted by Crippen LogP contribution is 2.35. The number of aryl methyl sites for hydroxylation is 1. The van der Waals surface area contributed by atoms with E-state index in [4.69, 9.17) is 0 Å². The van der Waals surface area contributed by atoms with Crippen LogP contribution in [-0.4, -0.2) is 0 Å². The van der Waals surface area contributed by atoms with Crippen molar-refractivity contribution in [3.05, 3.63) is 55.4 Å². The van der Waals surface area contributed by atoms with E-state index in [1.54, 1.807) is 0 Å². The van der Waals surface area contributed by atoms with Gasteiger partial charge < -0.3 is 0 Å². The monoisotopic (exact) mass is 402 g/mol. The summed E-state index contributed by atoms with van der Waals surface area (Å²) in [6, 6.07) is 12.7. The van der Waals surface area contributed by atoms with Gasteiger partial charge >= 0.3 is 0 Å². The van der Waals surface area contributed by atoms with E-state index in [2.05, 4.69) is 91.1 Å². The third-order valence-electron chi connectivity index (χ3n) is 2.37. The predicted molar refractivity (Wildman–Crippen MR) is 79.7 cm³/mol. The van der Waals surface area contributed by atoms with Crippen molar-refractivity contribution in [2.24, 2.45) is 0 Å². The van der Waals surface area contributed by atoms with Crippen LogP contribution in [0.1, 0.15) is 5.56 Å². The molecule has 0 radical (unpaired) electrons. The standard InChI is InChI=1S/C13H9Br3/c1-8-2-4-9(5-3-8)10-6-11(14)13(16)12(15)7-10/h2-7H,1H3. The molecule has 0 aromatic heterocycles. The summed E-state index contributed by atoms with van der Waals surface area (Å²) in [4.78, 5) is 0. The molecule has 2 aromatic carbocycles. The molecule has 0 fully saturated rings. The molecule has 2 aromatic rings. The van der Waals surface area contributed by atoms with Crippen LogP contribution in [0.2, 0.25) is 0 Å². The van der Waals surface area contributed by atoms with Crippen molar-refractivity contribution in [3.63, 3.8) is 0 Å². The van der Waals surface area contributed by atoms with E-state index < -0.39 is 0 Å². The summed E-state index contributed by atoms with van der Waals surface area (Å²) in [7, 11) is 0. The molecule has 0 aliphatic heterocycles. The van der Waals surface area contributed by atoms with Crippen molar-refractivity contribution in [3.8, 4) is 11.1 Å². The predicted octanol–water partition coefficient (Wildman–Crippen LogP) is 5.95. The fourth-order valence-electron chi connectivity index (χ4n) is 1.47. The van der Waals surface area contributed by atoms with E-state index in [0.717, 1.165) is 13.4 Å². The Kier molecular flexibility index (Phi) is 3.88. The second-order valence-electron chi connectivity index (χ2n) is 3.62. The van der Waals surface area contributed by atoms with Gasteiger partial charge in [-0.1, -0.05) is 29.8 Å². The normalized spacial score (nSPS) is 10.5. The third-order valence-corrected chi connectivity index (χ3v) is 5.54. The molecule has 0 amide bonds. The van der Waals surface area contributed by atoms with Crippen molar-refractivity contribution >= 4 is 47.8 Å². The summed E-state index contributed by atoms with van der Waals surface area (Å²) in [5.41, 5.74) is 3.69. The number of hydrogen-bond donors (Lipinski definition) is 0. The van der Waals surface area contributed by atoms with Crippen LogP contribution < -0.4 is 0 Å². The van der Waals surface area contributed by atoms with E-state index in [0.29, 0.717) is 0 Å². The van der Waals surface area contributed by atoms with Gasteiger partial charge in [0, 0.05) is 13.4 Å². The maximum atomic E-state index is 3.53. The molecule has 0 nitrogen and oxygen atoms in total. The third kappa shape index (κ3) is 2.58. The average molecular weight is 405 g/mol. The zero-order chi connectivity index (χ0) is 11.7. The maximum absolute atomic E-state index is 3.53. The smallest absolute Gasteiger partial charge is 0.0459 e. The lowest BCUT2D eigenvalue weighted by molar-refractivity contribution is 1.46. The fourth-order valence-corrected chi connectivity index (χ4v) is 2.88. The van der Waals surface area contributed by atoms with E-state index in [1.807, 2.05) is 0 Å². The Bertz CT molecular complexity index is 492. The van der Waals surface area contributed by atoms with Gasteiger partial charge in [0.15, 0.2) is 0 Å². The molecule has 0 bridgehead atoms. The maximum Gasteiger partial charge on any atom is 0.0459 e. The molecule has 82 valence electrons. The molecule has 0 N–H and O–H groups in total. The first kappa shape index (κ1) is 12.3. The Morgan fingerprint density at radius 3 is 1.75 bits per heavy atom. The van der Waals surface area contributed by atoms with E-state index in [-0.39, 0.29) is 0 Å². The molecule has 16 heavy (non-hydrogen) atoms. The van der Waals surface area contributed by atoms with Gasteiger partial charge in [0.1, 0.15) is 0 Å². The second kappa shape index (κ2) is 5.03. The van der Waals surface area contributed by atoms with Gasteiger partial charge in [-0.15, -0.1) is 0 Å². The van der Waals surface area contributed by atoms with Crippen LogP contribution in [0.4, 0.5) is 0 Å². The summed E-state index contributed by atoms with van der Waals surface area (Å²) >= 11 is 10.6. The molecule has 0 saturated carbocycles. The van der Waals surface area contributed by atoms with Gasteiger partial charge in [0.05, 0.1) is 0 Å². The number of hydrogen-bond acceptors (Lipinski definition) is 0. The molecule has 0 heterocycles. The summed E-state index contributed by atoms with van der Waals surface area (Å²) in [5.74, 6) is 0. The Labute approximate surface area is 120 Å². The fraction of sp³-hybridized carbons (Fsp3) is 0.0769. The van der Waals surface area contributed by atoms with Gasteiger partial charge in [-0.25, -0.2) is 0 Å². The summed E-state index contributed by atoms with van der Waals surface area (Å²) < 4.78 is 3.15. The van der Waals surface area contributed by atoms with Gasteiger partial charge in [-0.2, -0.15) is 0 Å². The summed E-state index contributed by atoms with van der Waals surface area (Å²) in [6.45, 7) is 2.09. The average Bonchev–Trinajstić information content (AvgIpc) is 2.26. The lowest BCUT2D eigenvalue weighted by atomic mass is 10.0. The van der Waals surface area contributed by atoms with Crippen molar-refractivity contribution in [1.29, 1.82) is 0 Å². The minimum atomic E-state index is 1.04. The van der Waals surface area contributed by atoms with Crippen LogP contribution in [0.5, 0.6) is 0 Å². The SMILES string of the molecule is Cc1ccc(-c2cc(Br)c(Br)c(Br)c2)cc1. The first-order valence-corrected chi connectivity index (χ1v) is 7.17. The Hall–Kier alpha value is -0.120. The van der Waals surface area contributed by atoms with E-state index in [1.165, 1.54) is 16.7 Å². The molecular formula is C13H9Br3. The van der Waals surface area contributed by atoms with Crippen LogP contribution in [0, 0.1) is 6.92 Å². The van der Waals surface area contributed by atoms with E-state index >= 15 is 0 Å². The number of halogens is 3.